The van der Waals surface area contributed by atoms with E-state index >= 15 is 0 Å². The van der Waals surface area contributed by atoms with Crippen molar-refractivity contribution in [3.63, 3.8) is 0 Å². The van der Waals surface area contributed by atoms with Crippen LogP contribution in [0.15, 0.2) is 18.3 Å². The Morgan fingerprint density at radius 3 is 2.71 bits per heavy atom. The SMILES string of the molecule is CCOC1(C(NC)c2ncccc2OC)CCC(C)CC1. The van der Waals surface area contributed by atoms with Crippen molar-refractivity contribution in [2.24, 2.45) is 5.92 Å². The summed E-state index contributed by atoms with van der Waals surface area (Å²) in [6.45, 7) is 5.12. The number of nitrogens with zero attached hydrogens (tertiary/aromatic N) is 1. The van der Waals surface area contributed by atoms with Crippen molar-refractivity contribution in [2.45, 2.75) is 51.2 Å². The van der Waals surface area contributed by atoms with Gasteiger partial charge in [0, 0.05) is 12.8 Å². The Bertz CT molecular complexity index is 442. The summed E-state index contributed by atoms with van der Waals surface area (Å²) in [5.74, 6) is 1.61. The number of ether oxygens (including phenoxy) is 2. The van der Waals surface area contributed by atoms with Gasteiger partial charge in [-0.25, -0.2) is 0 Å². The highest BCUT2D eigenvalue weighted by molar-refractivity contribution is 5.31. The molecule has 1 aliphatic carbocycles. The van der Waals surface area contributed by atoms with Crippen molar-refractivity contribution in [3.05, 3.63) is 24.0 Å². The Labute approximate surface area is 128 Å². The number of likely N-dealkylation sites (N-methyl/N-ethyl adjacent to an activating group) is 1. The van der Waals surface area contributed by atoms with Crippen molar-refractivity contribution in [1.82, 2.24) is 10.3 Å². The molecule has 0 bridgehead atoms. The van der Waals surface area contributed by atoms with Gasteiger partial charge >= 0.3 is 0 Å². The second-order valence-corrected chi connectivity index (χ2v) is 5.99. The molecule has 0 spiro atoms. The van der Waals surface area contributed by atoms with Gasteiger partial charge in [0.25, 0.3) is 0 Å². The average molecular weight is 292 g/mol. The molecular weight excluding hydrogens is 264 g/mol. The first-order valence-electron chi connectivity index (χ1n) is 7.97. The van der Waals surface area contributed by atoms with E-state index in [1.54, 1.807) is 7.11 Å². The molecule has 1 aromatic rings. The molecule has 1 aromatic heterocycles. The highest BCUT2D eigenvalue weighted by Crippen LogP contribution is 2.44. The molecule has 1 N–H and O–H groups in total. The van der Waals surface area contributed by atoms with E-state index in [0.717, 1.165) is 36.8 Å². The fourth-order valence-electron chi connectivity index (χ4n) is 3.50. The molecule has 1 heterocycles. The molecule has 21 heavy (non-hydrogen) atoms. The molecule has 1 atom stereocenters. The van der Waals surface area contributed by atoms with E-state index in [2.05, 4.69) is 24.1 Å². The van der Waals surface area contributed by atoms with Crippen LogP contribution in [0.5, 0.6) is 5.75 Å². The van der Waals surface area contributed by atoms with Crippen LogP contribution in [0.4, 0.5) is 0 Å². The van der Waals surface area contributed by atoms with Crippen molar-refractivity contribution in [1.29, 1.82) is 0 Å². The van der Waals surface area contributed by atoms with Gasteiger partial charge in [0.05, 0.1) is 18.8 Å². The zero-order chi connectivity index (χ0) is 15.3. The third-order valence-electron chi connectivity index (χ3n) is 4.66. The number of nitrogens with one attached hydrogen (secondary N) is 1. The van der Waals surface area contributed by atoms with E-state index in [4.69, 9.17) is 9.47 Å². The van der Waals surface area contributed by atoms with Crippen LogP contribution in [0, 0.1) is 5.92 Å². The maximum absolute atomic E-state index is 6.27. The average Bonchev–Trinajstić information content (AvgIpc) is 2.52. The number of aromatic nitrogens is 1. The smallest absolute Gasteiger partial charge is 0.142 e. The maximum atomic E-state index is 6.27. The van der Waals surface area contributed by atoms with Crippen LogP contribution >= 0.6 is 0 Å². The largest absolute Gasteiger partial charge is 0.495 e. The lowest BCUT2D eigenvalue weighted by molar-refractivity contribution is -0.0974. The molecule has 0 aliphatic heterocycles. The lowest BCUT2D eigenvalue weighted by Gasteiger charge is -2.44. The molecule has 1 saturated carbocycles. The number of hydrogen-bond donors (Lipinski definition) is 1. The number of methoxy groups -OCH3 is 1. The molecular formula is C17H28N2O2. The highest BCUT2D eigenvalue weighted by Gasteiger charge is 2.43. The summed E-state index contributed by atoms with van der Waals surface area (Å²) in [5.41, 5.74) is 0.767. The minimum atomic E-state index is -0.183. The predicted molar refractivity (Wildman–Crippen MR) is 84.6 cm³/mol. The first-order valence-corrected chi connectivity index (χ1v) is 7.97. The van der Waals surface area contributed by atoms with Gasteiger partial charge in [-0.1, -0.05) is 6.92 Å². The van der Waals surface area contributed by atoms with Crippen molar-refractivity contribution >= 4 is 0 Å². The van der Waals surface area contributed by atoms with Crippen LogP contribution in [-0.4, -0.2) is 31.3 Å². The topological polar surface area (TPSA) is 43.4 Å². The Kier molecular flexibility index (Phi) is 5.59. The summed E-state index contributed by atoms with van der Waals surface area (Å²) in [6.07, 6.45) is 6.36. The summed E-state index contributed by atoms with van der Waals surface area (Å²) in [4.78, 5) is 4.57. The molecule has 118 valence electrons. The summed E-state index contributed by atoms with van der Waals surface area (Å²) in [6, 6.07) is 3.93. The van der Waals surface area contributed by atoms with E-state index < -0.39 is 0 Å². The lowest BCUT2D eigenvalue weighted by Crippen LogP contribution is -2.48. The Morgan fingerprint density at radius 2 is 2.14 bits per heavy atom. The molecule has 0 saturated heterocycles. The van der Waals surface area contributed by atoms with E-state index in [9.17, 15) is 0 Å². The lowest BCUT2D eigenvalue weighted by atomic mass is 9.74. The van der Waals surface area contributed by atoms with E-state index in [0.29, 0.717) is 0 Å². The van der Waals surface area contributed by atoms with Crippen LogP contribution in [0.3, 0.4) is 0 Å². The Balaban J connectivity index is 2.36. The monoisotopic (exact) mass is 292 g/mol. The number of hydrogen-bond acceptors (Lipinski definition) is 4. The second-order valence-electron chi connectivity index (χ2n) is 5.99. The van der Waals surface area contributed by atoms with Gasteiger partial charge in [-0.15, -0.1) is 0 Å². The van der Waals surface area contributed by atoms with Crippen LogP contribution in [0.1, 0.15) is 51.3 Å². The molecule has 0 aromatic carbocycles. The van der Waals surface area contributed by atoms with Crippen molar-refractivity contribution < 1.29 is 9.47 Å². The summed E-state index contributed by atoms with van der Waals surface area (Å²) >= 11 is 0. The molecule has 1 aliphatic rings. The van der Waals surface area contributed by atoms with Crippen molar-refractivity contribution in [3.8, 4) is 5.75 Å². The van der Waals surface area contributed by atoms with Gasteiger partial charge in [0.15, 0.2) is 0 Å². The van der Waals surface area contributed by atoms with Crippen LogP contribution < -0.4 is 10.1 Å². The van der Waals surface area contributed by atoms with Gasteiger partial charge in [0.1, 0.15) is 11.4 Å². The Morgan fingerprint density at radius 1 is 1.43 bits per heavy atom. The minimum absolute atomic E-state index is 0.0566. The zero-order valence-electron chi connectivity index (χ0n) is 13.7. The molecule has 2 rings (SSSR count). The first kappa shape index (κ1) is 16.2. The number of pyridine rings is 1. The molecule has 4 heteroatoms. The second kappa shape index (κ2) is 7.23. The first-order chi connectivity index (χ1) is 10.2. The van der Waals surface area contributed by atoms with Crippen LogP contribution in [0.25, 0.3) is 0 Å². The minimum Gasteiger partial charge on any atom is -0.495 e. The predicted octanol–water partition coefficient (Wildman–Crippen LogP) is 3.34. The standard InChI is InChI=1S/C17H28N2O2/c1-5-21-17(10-8-13(2)9-11-17)16(18-3)15-14(20-4)7-6-12-19-15/h6-7,12-13,16,18H,5,8-11H2,1-4H3. The fraction of sp³-hybridized carbons (Fsp3) is 0.706. The highest BCUT2D eigenvalue weighted by atomic mass is 16.5. The van der Waals surface area contributed by atoms with E-state index in [1.807, 2.05) is 25.4 Å². The van der Waals surface area contributed by atoms with Gasteiger partial charge in [-0.2, -0.15) is 0 Å². The molecule has 1 fully saturated rings. The third kappa shape index (κ3) is 3.38. The molecule has 0 radical (unpaired) electrons. The number of rotatable bonds is 6. The summed E-state index contributed by atoms with van der Waals surface area (Å²) < 4.78 is 11.8. The summed E-state index contributed by atoms with van der Waals surface area (Å²) in [7, 11) is 3.68. The van der Waals surface area contributed by atoms with Gasteiger partial charge in [-0.3, -0.25) is 4.98 Å². The Hall–Kier alpha value is -1.13. The van der Waals surface area contributed by atoms with E-state index in [1.165, 1.54) is 12.8 Å². The van der Waals surface area contributed by atoms with Gasteiger partial charge < -0.3 is 14.8 Å². The van der Waals surface area contributed by atoms with Crippen LogP contribution in [0.2, 0.25) is 0 Å². The zero-order valence-corrected chi connectivity index (χ0v) is 13.7. The fourth-order valence-corrected chi connectivity index (χ4v) is 3.50. The van der Waals surface area contributed by atoms with Crippen molar-refractivity contribution in [2.75, 3.05) is 20.8 Å². The molecule has 4 nitrogen and oxygen atoms in total. The quantitative estimate of drug-likeness (QED) is 0.873. The third-order valence-corrected chi connectivity index (χ3v) is 4.66. The normalized spacial score (nSPS) is 27.3. The molecule has 1 unspecified atom stereocenters. The maximum Gasteiger partial charge on any atom is 0.142 e. The van der Waals surface area contributed by atoms with Gasteiger partial charge in [0.2, 0.25) is 0 Å². The molecule has 0 amide bonds. The van der Waals surface area contributed by atoms with E-state index in [-0.39, 0.29) is 11.6 Å². The van der Waals surface area contributed by atoms with Crippen LogP contribution in [-0.2, 0) is 4.74 Å². The summed E-state index contributed by atoms with van der Waals surface area (Å²) in [5, 5.41) is 3.44. The van der Waals surface area contributed by atoms with Gasteiger partial charge in [-0.05, 0) is 57.7 Å².